The maximum atomic E-state index is 5.54. The van der Waals surface area contributed by atoms with Crippen LogP contribution in [0.3, 0.4) is 0 Å². The van der Waals surface area contributed by atoms with Gasteiger partial charge in [-0.2, -0.15) is 0 Å². The van der Waals surface area contributed by atoms with Gasteiger partial charge in [-0.25, -0.2) is 0 Å². The molecule has 21 heavy (non-hydrogen) atoms. The van der Waals surface area contributed by atoms with Gasteiger partial charge in [0.2, 0.25) is 0 Å². The van der Waals surface area contributed by atoms with Crippen LogP contribution in [0.4, 0.5) is 0 Å². The summed E-state index contributed by atoms with van der Waals surface area (Å²) in [6, 6.07) is 3.31. The van der Waals surface area contributed by atoms with E-state index < -0.39 is 0 Å². The normalized spacial score (nSPS) is 16.7. The number of aromatic nitrogens is 1. The smallest absolute Gasteiger partial charge is 0.151 e. The third-order valence-electron chi connectivity index (χ3n) is 4.10. The Balaban J connectivity index is 1.92. The van der Waals surface area contributed by atoms with Gasteiger partial charge in [0.05, 0.1) is 12.2 Å². The van der Waals surface area contributed by atoms with Crippen molar-refractivity contribution in [3.8, 4) is 0 Å². The summed E-state index contributed by atoms with van der Waals surface area (Å²) in [5.74, 6) is 1.69. The fourth-order valence-corrected chi connectivity index (χ4v) is 3.10. The van der Waals surface area contributed by atoms with Gasteiger partial charge >= 0.3 is 0 Å². The number of hydrogen-bond donors (Lipinski definition) is 1. The summed E-state index contributed by atoms with van der Waals surface area (Å²) in [5.41, 5.74) is 1.01. The molecule has 0 bridgehead atoms. The highest BCUT2D eigenvalue weighted by Crippen LogP contribution is 2.25. The van der Waals surface area contributed by atoms with Crippen molar-refractivity contribution < 1.29 is 4.52 Å². The minimum Gasteiger partial charge on any atom is -0.360 e. The van der Waals surface area contributed by atoms with Crippen LogP contribution in [-0.2, 0) is 13.1 Å². The van der Waals surface area contributed by atoms with Gasteiger partial charge in [0.15, 0.2) is 5.76 Å². The lowest BCUT2D eigenvalue weighted by Gasteiger charge is -2.29. The fraction of sp³-hybridized carbons (Fsp3) is 0.824. The summed E-state index contributed by atoms with van der Waals surface area (Å²) in [6.45, 7) is 11.7. The molecule has 4 nitrogen and oxygen atoms in total. The molecular formula is C17H31N3O. The molecule has 1 aromatic rings. The Morgan fingerprint density at radius 1 is 1.29 bits per heavy atom. The second-order valence-electron chi connectivity index (χ2n) is 7.08. The molecule has 1 saturated carbocycles. The Morgan fingerprint density at radius 2 is 2.00 bits per heavy atom. The first-order chi connectivity index (χ1) is 10.0. The molecule has 1 fully saturated rings. The van der Waals surface area contributed by atoms with Crippen molar-refractivity contribution in [2.75, 3.05) is 6.54 Å². The number of nitrogens with one attached hydrogen (secondary N) is 1. The molecule has 1 aromatic heterocycles. The Hall–Kier alpha value is -0.870. The lowest BCUT2D eigenvalue weighted by molar-refractivity contribution is 0.151. The molecule has 1 aliphatic carbocycles. The van der Waals surface area contributed by atoms with Gasteiger partial charge in [0.1, 0.15) is 0 Å². The first-order valence-electron chi connectivity index (χ1n) is 8.46. The predicted molar refractivity (Wildman–Crippen MR) is 86.0 cm³/mol. The maximum absolute atomic E-state index is 5.54. The third-order valence-corrected chi connectivity index (χ3v) is 4.10. The summed E-state index contributed by atoms with van der Waals surface area (Å²) in [5, 5.41) is 7.56. The molecule has 1 heterocycles. The van der Waals surface area contributed by atoms with E-state index in [0.29, 0.717) is 12.0 Å². The highest BCUT2D eigenvalue weighted by Gasteiger charge is 2.24. The Labute approximate surface area is 129 Å². The molecule has 4 heteroatoms. The minimum atomic E-state index is 0.473. The van der Waals surface area contributed by atoms with Crippen LogP contribution in [0.25, 0.3) is 0 Å². The molecule has 0 aromatic carbocycles. The molecule has 0 atom stereocenters. The van der Waals surface area contributed by atoms with Crippen molar-refractivity contribution in [2.45, 2.75) is 78.6 Å². The topological polar surface area (TPSA) is 41.3 Å². The zero-order chi connectivity index (χ0) is 15.2. The Kier molecular flexibility index (Phi) is 6.24. The third kappa shape index (κ3) is 5.44. The highest BCUT2D eigenvalue weighted by atomic mass is 16.5. The molecule has 2 rings (SSSR count). The molecular weight excluding hydrogens is 262 g/mol. The zero-order valence-electron chi connectivity index (χ0n) is 14.1. The monoisotopic (exact) mass is 293 g/mol. The first kappa shape index (κ1) is 16.5. The lowest BCUT2D eigenvalue weighted by Crippen LogP contribution is -2.35. The highest BCUT2D eigenvalue weighted by molar-refractivity contribution is 5.05. The van der Waals surface area contributed by atoms with Crippen LogP contribution in [0.5, 0.6) is 0 Å². The van der Waals surface area contributed by atoms with E-state index in [4.69, 9.17) is 4.52 Å². The summed E-state index contributed by atoms with van der Waals surface area (Å²) >= 11 is 0. The lowest BCUT2D eigenvalue weighted by atomic mass is 10.1. The zero-order valence-corrected chi connectivity index (χ0v) is 14.1. The van der Waals surface area contributed by atoms with Gasteiger partial charge in [0, 0.05) is 31.2 Å². The van der Waals surface area contributed by atoms with E-state index in [0.717, 1.165) is 37.1 Å². The van der Waals surface area contributed by atoms with Crippen LogP contribution in [0.2, 0.25) is 0 Å². The van der Waals surface area contributed by atoms with Crippen molar-refractivity contribution in [3.05, 3.63) is 17.5 Å². The summed E-state index contributed by atoms with van der Waals surface area (Å²) in [7, 11) is 0. The standard InChI is InChI=1S/C17H31N3O/c1-13(2)11-20(16-7-5-6-8-16)12-17-9-15(19-21-17)10-18-14(3)4/h9,13-14,16,18H,5-8,10-12H2,1-4H3. The van der Waals surface area contributed by atoms with Crippen molar-refractivity contribution in [1.29, 1.82) is 0 Å². The molecule has 1 N–H and O–H groups in total. The van der Waals surface area contributed by atoms with Gasteiger partial charge < -0.3 is 9.84 Å². The largest absolute Gasteiger partial charge is 0.360 e. The van der Waals surface area contributed by atoms with E-state index in [1.54, 1.807) is 0 Å². The van der Waals surface area contributed by atoms with Crippen LogP contribution in [0.15, 0.2) is 10.6 Å². The number of hydrogen-bond acceptors (Lipinski definition) is 4. The van der Waals surface area contributed by atoms with Gasteiger partial charge in [-0.15, -0.1) is 0 Å². The van der Waals surface area contributed by atoms with Crippen LogP contribution in [-0.4, -0.2) is 28.7 Å². The summed E-state index contributed by atoms with van der Waals surface area (Å²) in [6.07, 6.45) is 5.42. The second-order valence-corrected chi connectivity index (χ2v) is 7.08. The summed E-state index contributed by atoms with van der Waals surface area (Å²) in [4.78, 5) is 2.60. The van der Waals surface area contributed by atoms with Gasteiger partial charge in [-0.1, -0.05) is 45.7 Å². The van der Waals surface area contributed by atoms with E-state index in [9.17, 15) is 0 Å². The molecule has 0 amide bonds. The van der Waals surface area contributed by atoms with E-state index in [-0.39, 0.29) is 0 Å². The SMILES string of the molecule is CC(C)CN(Cc1cc(CNC(C)C)no1)C1CCCC1. The van der Waals surface area contributed by atoms with Crippen molar-refractivity contribution >= 4 is 0 Å². The predicted octanol–water partition coefficient (Wildman–Crippen LogP) is 3.57. The van der Waals surface area contributed by atoms with Gasteiger partial charge in [0.25, 0.3) is 0 Å². The molecule has 0 aliphatic heterocycles. The Morgan fingerprint density at radius 3 is 2.62 bits per heavy atom. The van der Waals surface area contributed by atoms with Crippen molar-refractivity contribution in [1.82, 2.24) is 15.4 Å². The van der Waals surface area contributed by atoms with E-state index >= 15 is 0 Å². The molecule has 120 valence electrons. The fourth-order valence-electron chi connectivity index (χ4n) is 3.10. The molecule has 0 saturated heterocycles. The van der Waals surface area contributed by atoms with Crippen LogP contribution < -0.4 is 5.32 Å². The van der Waals surface area contributed by atoms with Crippen LogP contribution in [0, 0.1) is 5.92 Å². The molecule has 0 spiro atoms. The van der Waals surface area contributed by atoms with Gasteiger partial charge in [-0.3, -0.25) is 4.90 Å². The van der Waals surface area contributed by atoms with E-state index in [1.165, 1.54) is 25.7 Å². The first-order valence-corrected chi connectivity index (χ1v) is 8.46. The number of nitrogens with zero attached hydrogens (tertiary/aromatic N) is 2. The van der Waals surface area contributed by atoms with Gasteiger partial charge in [-0.05, 0) is 18.8 Å². The quantitative estimate of drug-likeness (QED) is 0.795. The van der Waals surface area contributed by atoms with E-state index in [1.807, 2.05) is 0 Å². The maximum Gasteiger partial charge on any atom is 0.151 e. The second kappa shape index (κ2) is 7.95. The average molecular weight is 293 g/mol. The summed E-state index contributed by atoms with van der Waals surface area (Å²) < 4.78 is 5.54. The van der Waals surface area contributed by atoms with Crippen LogP contribution in [0.1, 0.15) is 64.8 Å². The Bertz CT molecular complexity index is 408. The molecule has 0 unspecified atom stereocenters. The minimum absolute atomic E-state index is 0.473. The molecule has 0 radical (unpaired) electrons. The molecule has 1 aliphatic rings. The van der Waals surface area contributed by atoms with Crippen molar-refractivity contribution in [2.24, 2.45) is 5.92 Å². The number of rotatable bonds is 8. The van der Waals surface area contributed by atoms with E-state index in [2.05, 4.69) is 49.1 Å². The van der Waals surface area contributed by atoms with Crippen molar-refractivity contribution in [3.63, 3.8) is 0 Å². The average Bonchev–Trinajstić information content (AvgIpc) is 3.06. The van der Waals surface area contributed by atoms with Crippen LogP contribution >= 0.6 is 0 Å².